The second kappa shape index (κ2) is 11.7. The normalized spacial score (nSPS) is 22.1. The van der Waals surface area contributed by atoms with Gasteiger partial charge in [0.25, 0.3) is 0 Å². The van der Waals surface area contributed by atoms with Gasteiger partial charge in [0.2, 0.25) is 0 Å². The van der Waals surface area contributed by atoms with E-state index in [1.54, 1.807) is 0 Å². The molecular formula is C18H32O4. The fourth-order valence-corrected chi connectivity index (χ4v) is 2.66. The number of rotatable bonds is 14. The predicted octanol–water partition coefficient (Wildman–Crippen LogP) is 4.07. The summed E-state index contributed by atoms with van der Waals surface area (Å²) >= 11 is 0. The number of hydrogen-bond acceptors (Lipinski definition) is 3. The van der Waals surface area contributed by atoms with Crippen molar-refractivity contribution in [3.63, 3.8) is 0 Å². The number of ether oxygens (including phenoxy) is 1. The largest absolute Gasteiger partial charge is 0.479 e. The first-order chi connectivity index (χ1) is 10.6. The van der Waals surface area contributed by atoms with Crippen molar-refractivity contribution in [2.24, 2.45) is 0 Å². The molecule has 0 spiro atoms. The van der Waals surface area contributed by atoms with Crippen molar-refractivity contribution in [3.05, 3.63) is 12.2 Å². The van der Waals surface area contributed by atoms with Gasteiger partial charge in [-0.15, -0.1) is 0 Å². The third-order valence-electron chi connectivity index (χ3n) is 4.15. The minimum atomic E-state index is -0.832. The van der Waals surface area contributed by atoms with Crippen LogP contribution in [-0.2, 0) is 9.53 Å². The van der Waals surface area contributed by atoms with Crippen molar-refractivity contribution in [1.29, 1.82) is 0 Å². The van der Waals surface area contributed by atoms with Crippen LogP contribution in [0.25, 0.3) is 0 Å². The Balaban J connectivity index is 1.85. The molecule has 128 valence electrons. The van der Waals surface area contributed by atoms with Crippen LogP contribution < -0.4 is 0 Å². The Hall–Kier alpha value is -0.870. The molecule has 3 atom stereocenters. The van der Waals surface area contributed by atoms with Crippen LogP contribution in [0.4, 0.5) is 0 Å². The van der Waals surface area contributed by atoms with Gasteiger partial charge in [0.1, 0.15) is 0 Å². The summed E-state index contributed by atoms with van der Waals surface area (Å²) in [5.74, 6) is -0.832. The number of aliphatic carboxylic acids is 1. The maximum Gasteiger partial charge on any atom is 0.335 e. The Morgan fingerprint density at radius 3 is 2.59 bits per heavy atom. The lowest BCUT2D eigenvalue weighted by molar-refractivity contribution is -0.138. The number of unbranched alkanes of at least 4 members (excludes halogenated alkanes) is 6. The van der Waals surface area contributed by atoms with Crippen LogP contribution in [0.2, 0.25) is 0 Å². The summed E-state index contributed by atoms with van der Waals surface area (Å²) in [6.07, 6.45) is 15.2. The van der Waals surface area contributed by atoms with Crippen LogP contribution >= 0.6 is 0 Å². The summed E-state index contributed by atoms with van der Waals surface area (Å²) in [7, 11) is 0. The van der Waals surface area contributed by atoms with Crippen LogP contribution in [0.3, 0.4) is 0 Å². The topological polar surface area (TPSA) is 70.1 Å². The first-order valence-corrected chi connectivity index (χ1v) is 8.86. The number of aliphatic hydroxyl groups excluding tert-OH is 1. The standard InChI is InChI=1S/C18H32O4/c1-2-3-4-9-12-15(19)13-10-7-5-6-8-11-14-16-17(22-16)18(20)21/h7,10,15-17,19H,2-6,8-9,11-14H2,1H3,(H,20,21)/b10-7-. The first-order valence-electron chi connectivity index (χ1n) is 8.86. The van der Waals surface area contributed by atoms with Crippen molar-refractivity contribution >= 4 is 5.97 Å². The van der Waals surface area contributed by atoms with Crippen LogP contribution in [-0.4, -0.2) is 34.5 Å². The lowest BCUT2D eigenvalue weighted by Gasteiger charge is -2.06. The van der Waals surface area contributed by atoms with Gasteiger partial charge in [-0.3, -0.25) is 0 Å². The molecule has 4 heteroatoms. The van der Waals surface area contributed by atoms with Crippen LogP contribution in [0.5, 0.6) is 0 Å². The SMILES string of the molecule is CCCCCCC(O)C/C=C\CCCCCC1OC1C(=O)O. The van der Waals surface area contributed by atoms with Gasteiger partial charge in [-0.25, -0.2) is 4.79 Å². The molecule has 1 aliphatic heterocycles. The number of carboxylic acid groups (broad SMARTS) is 1. The summed E-state index contributed by atoms with van der Waals surface area (Å²) in [6.45, 7) is 2.20. The predicted molar refractivity (Wildman–Crippen MR) is 87.9 cm³/mol. The third-order valence-corrected chi connectivity index (χ3v) is 4.15. The van der Waals surface area contributed by atoms with Gasteiger partial charge in [0, 0.05) is 0 Å². The Bertz CT molecular complexity index is 327. The molecule has 1 heterocycles. The van der Waals surface area contributed by atoms with Gasteiger partial charge < -0.3 is 14.9 Å². The summed E-state index contributed by atoms with van der Waals surface area (Å²) < 4.78 is 5.06. The number of aliphatic hydroxyl groups is 1. The van der Waals surface area contributed by atoms with Gasteiger partial charge in [-0.1, -0.05) is 57.6 Å². The molecule has 0 radical (unpaired) electrons. The van der Waals surface area contributed by atoms with Gasteiger partial charge in [0.15, 0.2) is 6.10 Å². The monoisotopic (exact) mass is 312 g/mol. The number of hydrogen-bond donors (Lipinski definition) is 2. The minimum Gasteiger partial charge on any atom is -0.479 e. The second-order valence-electron chi connectivity index (χ2n) is 6.28. The summed E-state index contributed by atoms with van der Waals surface area (Å²) in [4.78, 5) is 10.6. The molecule has 0 amide bonds. The Morgan fingerprint density at radius 2 is 1.91 bits per heavy atom. The van der Waals surface area contributed by atoms with Crippen molar-refractivity contribution in [3.8, 4) is 0 Å². The molecule has 1 fully saturated rings. The van der Waals surface area contributed by atoms with Gasteiger partial charge in [-0.2, -0.15) is 0 Å². The number of carboxylic acids is 1. The van der Waals surface area contributed by atoms with Gasteiger partial charge in [-0.05, 0) is 32.1 Å². The zero-order valence-electron chi connectivity index (χ0n) is 13.9. The van der Waals surface area contributed by atoms with Crippen LogP contribution in [0.1, 0.15) is 77.6 Å². The molecule has 3 unspecified atom stereocenters. The zero-order valence-corrected chi connectivity index (χ0v) is 13.9. The Labute approximate surface area is 134 Å². The van der Waals surface area contributed by atoms with E-state index in [0.29, 0.717) is 0 Å². The lowest BCUT2D eigenvalue weighted by Crippen LogP contribution is -2.07. The highest BCUT2D eigenvalue weighted by atomic mass is 16.6. The van der Waals surface area contributed by atoms with Crippen molar-refractivity contribution in [2.75, 3.05) is 0 Å². The third kappa shape index (κ3) is 9.21. The fourth-order valence-electron chi connectivity index (χ4n) is 2.66. The molecule has 1 rings (SSSR count). The van der Waals surface area contributed by atoms with Crippen molar-refractivity contribution < 1.29 is 19.7 Å². The van der Waals surface area contributed by atoms with Gasteiger partial charge >= 0.3 is 5.97 Å². The number of allylic oxidation sites excluding steroid dienone is 1. The van der Waals surface area contributed by atoms with E-state index in [0.717, 1.165) is 51.4 Å². The molecule has 0 aliphatic carbocycles. The van der Waals surface area contributed by atoms with E-state index in [-0.39, 0.29) is 12.2 Å². The Kier molecular flexibility index (Phi) is 10.2. The fraction of sp³-hybridized carbons (Fsp3) is 0.833. The van der Waals surface area contributed by atoms with Gasteiger partial charge in [0.05, 0.1) is 12.2 Å². The highest BCUT2D eigenvalue weighted by molar-refractivity contribution is 5.75. The molecule has 0 aromatic heterocycles. The molecule has 0 aromatic rings. The molecular weight excluding hydrogens is 280 g/mol. The smallest absolute Gasteiger partial charge is 0.335 e. The van der Waals surface area contributed by atoms with E-state index in [2.05, 4.69) is 19.1 Å². The summed E-state index contributed by atoms with van der Waals surface area (Å²) in [5.41, 5.74) is 0. The van der Waals surface area contributed by atoms with E-state index < -0.39 is 12.1 Å². The minimum absolute atomic E-state index is 0.0455. The van der Waals surface area contributed by atoms with E-state index in [1.807, 2.05) is 0 Å². The average Bonchev–Trinajstić information content (AvgIpc) is 3.26. The highest BCUT2D eigenvalue weighted by Gasteiger charge is 2.44. The molecule has 2 N–H and O–H groups in total. The maximum atomic E-state index is 10.6. The summed E-state index contributed by atoms with van der Waals surface area (Å²) in [6, 6.07) is 0. The van der Waals surface area contributed by atoms with Crippen LogP contribution in [0, 0.1) is 0 Å². The molecule has 4 nitrogen and oxygen atoms in total. The summed E-state index contributed by atoms with van der Waals surface area (Å²) in [5, 5.41) is 18.5. The number of carbonyl (C=O) groups is 1. The van der Waals surface area contributed by atoms with E-state index in [4.69, 9.17) is 9.84 Å². The lowest BCUT2D eigenvalue weighted by atomic mass is 10.1. The molecule has 22 heavy (non-hydrogen) atoms. The van der Waals surface area contributed by atoms with E-state index >= 15 is 0 Å². The zero-order chi connectivity index (χ0) is 16.2. The van der Waals surface area contributed by atoms with Crippen molar-refractivity contribution in [1.82, 2.24) is 0 Å². The Morgan fingerprint density at radius 1 is 1.14 bits per heavy atom. The molecule has 0 aromatic carbocycles. The second-order valence-corrected chi connectivity index (χ2v) is 6.28. The van der Waals surface area contributed by atoms with Crippen molar-refractivity contribution in [2.45, 2.75) is 95.9 Å². The maximum absolute atomic E-state index is 10.6. The average molecular weight is 312 g/mol. The molecule has 1 aliphatic rings. The highest BCUT2D eigenvalue weighted by Crippen LogP contribution is 2.27. The molecule has 0 bridgehead atoms. The first kappa shape index (κ1) is 19.2. The van der Waals surface area contributed by atoms with Crippen LogP contribution in [0.15, 0.2) is 12.2 Å². The van der Waals surface area contributed by atoms with E-state index in [9.17, 15) is 9.90 Å². The number of epoxide rings is 1. The van der Waals surface area contributed by atoms with E-state index in [1.165, 1.54) is 19.3 Å². The quantitative estimate of drug-likeness (QED) is 0.288. The molecule has 0 saturated carbocycles. The molecule has 1 saturated heterocycles.